The highest BCUT2D eigenvalue weighted by molar-refractivity contribution is 6.35. The van der Waals surface area contributed by atoms with E-state index in [1.165, 1.54) is 0 Å². The first kappa shape index (κ1) is 30.9. The predicted octanol–water partition coefficient (Wildman–Crippen LogP) is 6.62. The molecule has 2 N–H and O–H groups in total. The van der Waals surface area contributed by atoms with Gasteiger partial charge in [0.25, 0.3) is 5.91 Å². The van der Waals surface area contributed by atoms with Crippen LogP contribution in [0.15, 0.2) is 66.7 Å². The van der Waals surface area contributed by atoms with E-state index in [1.54, 1.807) is 103 Å². The molecule has 0 aliphatic heterocycles. The quantitative estimate of drug-likeness (QED) is 0.208. The average molecular weight is 611 g/mol. The number of aryl methyl sites for hydroxylation is 1. The van der Waals surface area contributed by atoms with Crippen LogP contribution in [0.3, 0.4) is 0 Å². The van der Waals surface area contributed by atoms with Crippen molar-refractivity contribution in [3.63, 3.8) is 0 Å². The van der Waals surface area contributed by atoms with Crippen molar-refractivity contribution >= 4 is 57.7 Å². The number of Topliss-reactive ketones (excluding diaryl/α,β-unsaturated/α-hetero) is 1. The van der Waals surface area contributed by atoms with Crippen LogP contribution in [0.2, 0.25) is 10.0 Å². The number of ketones is 1. The lowest BCUT2D eigenvalue weighted by molar-refractivity contribution is 0.0635. The summed E-state index contributed by atoms with van der Waals surface area (Å²) in [4.78, 5) is 39.6. The summed E-state index contributed by atoms with van der Waals surface area (Å²) in [5, 5.41) is 12.5. The number of halogens is 2. The van der Waals surface area contributed by atoms with Gasteiger partial charge in [-0.2, -0.15) is 0 Å². The van der Waals surface area contributed by atoms with Gasteiger partial charge in [0, 0.05) is 42.0 Å². The molecule has 0 atom stereocenters. The summed E-state index contributed by atoms with van der Waals surface area (Å²) in [5.74, 6) is -0.328. The first-order valence-corrected chi connectivity index (χ1v) is 14.2. The lowest BCUT2D eigenvalue weighted by Crippen LogP contribution is -2.31. The van der Waals surface area contributed by atoms with Crippen LogP contribution in [0.1, 0.15) is 47.9 Å². The number of nitrogens with one attached hydrogen (secondary N) is 2. The Kier molecular flexibility index (Phi) is 9.43. The Morgan fingerprint density at radius 3 is 2.21 bits per heavy atom. The van der Waals surface area contributed by atoms with Crippen LogP contribution in [-0.2, 0) is 17.8 Å². The molecule has 0 fully saturated rings. The second kappa shape index (κ2) is 12.8. The molecule has 11 heteroatoms. The zero-order chi connectivity index (χ0) is 30.6. The smallest absolute Gasteiger partial charge is 0.412 e. The van der Waals surface area contributed by atoms with Crippen LogP contribution in [0.25, 0.3) is 11.0 Å². The fourth-order valence-electron chi connectivity index (χ4n) is 4.51. The fourth-order valence-corrected chi connectivity index (χ4v) is 4.91. The highest BCUT2D eigenvalue weighted by Crippen LogP contribution is 2.24. The molecule has 0 radical (unpaired) electrons. The van der Waals surface area contributed by atoms with Crippen LogP contribution in [0.5, 0.6) is 0 Å². The highest BCUT2D eigenvalue weighted by Gasteiger charge is 2.19. The third kappa shape index (κ3) is 7.40. The van der Waals surface area contributed by atoms with Gasteiger partial charge in [0.1, 0.15) is 5.60 Å². The molecule has 42 heavy (non-hydrogen) atoms. The first-order valence-electron chi connectivity index (χ1n) is 13.4. The summed E-state index contributed by atoms with van der Waals surface area (Å²) < 4.78 is 8.66. The molecule has 2 amide bonds. The molecule has 0 aliphatic rings. The van der Waals surface area contributed by atoms with Gasteiger partial charge in [0.05, 0.1) is 22.6 Å². The zero-order valence-corrected chi connectivity index (χ0v) is 25.4. The maximum absolute atomic E-state index is 13.0. The van der Waals surface area contributed by atoms with Crippen molar-refractivity contribution in [3.8, 4) is 0 Å². The van der Waals surface area contributed by atoms with E-state index in [0.29, 0.717) is 57.4 Å². The van der Waals surface area contributed by atoms with E-state index < -0.39 is 11.7 Å². The number of para-hydroxylation sites is 1. The van der Waals surface area contributed by atoms with Crippen LogP contribution in [0.4, 0.5) is 10.5 Å². The van der Waals surface area contributed by atoms with Gasteiger partial charge in [-0.1, -0.05) is 29.3 Å². The van der Waals surface area contributed by atoms with Gasteiger partial charge < -0.3 is 18.8 Å². The summed E-state index contributed by atoms with van der Waals surface area (Å²) in [6.45, 7) is 6.15. The number of nitrogens with zero attached hydrogens (tertiary/aromatic N) is 3. The molecule has 4 rings (SSSR count). The average Bonchev–Trinajstić information content (AvgIpc) is 3.19. The van der Waals surface area contributed by atoms with Gasteiger partial charge in [-0.05, 0) is 87.9 Å². The normalized spacial score (nSPS) is 11.4. The van der Waals surface area contributed by atoms with E-state index in [0.717, 1.165) is 0 Å². The van der Waals surface area contributed by atoms with Gasteiger partial charge >= 0.3 is 6.09 Å². The molecule has 220 valence electrons. The molecule has 0 unspecified atom stereocenters. The van der Waals surface area contributed by atoms with Gasteiger partial charge in [-0.15, -0.1) is 0 Å². The lowest BCUT2D eigenvalue weighted by Gasteiger charge is -2.20. The Labute approximate surface area is 254 Å². The number of fused-ring (bicyclic) bond motifs is 1. The number of carbonyl (C=O) groups is 3. The molecule has 3 aromatic carbocycles. The number of anilines is 1. The van der Waals surface area contributed by atoms with Gasteiger partial charge in [0.2, 0.25) is 5.62 Å². The molecule has 0 saturated heterocycles. The third-order valence-corrected chi connectivity index (χ3v) is 7.06. The van der Waals surface area contributed by atoms with Gasteiger partial charge in [0.15, 0.2) is 5.78 Å². The Bertz CT molecular complexity index is 1670. The van der Waals surface area contributed by atoms with Crippen molar-refractivity contribution < 1.29 is 19.1 Å². The van der Waals surface area contributed by atoms with Crippen molar-refractivity contribution in [2.45, 2.75) is 45.9 Å². The summed E-state index contributed by atoms with van der Waals surface area (Å²) in [6.07, 6.45) is -0.0206. The van der Waals surface area contributed by atoms with Crippen LogP contribution < -0.4 is 10.9 Å². The molecule has 4 aromatic rings. The summed E-state index contributed by atoms with van der Waals surface area (Å²) in [6, 6.07) is 18.6. The van der Waals surface area contributed by atoms with Crippen molar-refractivity contribution in [1.82, 2.24) is 14.0 Å². The number of benzene rings is 3. The summed E-state index contributed by atoms with van der Waals surface area (Å²) in [7, 11) is 1.71. The summed E-state index contributed by atoms with van der Waals surface area (Å²) >= 11 is 12.5. The number of imidazole rings is 1. The lowest BCUT2D eigenvalue weighted by atomic mass is 10.1. The molecular weight excluding hydrogens is 577 g/mol. The minimum absolute atomic E-state index is 0.0263. The van der Waals surface area contributed by atoms with E-state index in [-0.39, 0.29) is 23.9 Å². The summed E-state index contributed by atoms with van der Waals surface area (Å²) in [5.41, 5.74) is 2.36. The number of hydrogen-bond acceptors (Lipinski definition) is 5. The maximum Gasteiger partial charge on any atom is 0.412 e. The Morgan fingerprint density at radius 1 is 0.929 bits per heavy atom. The van der Waals surface area contributed by atoms with Crippen molar-refractivity contribution in [2.75, 3.05) is 18.9 Å². The van der Waals surface area contributed by atoms with Crippen molar-refractivity contribution in [2.24, 2.45) is 0 Å². The number of aromatic nitrogens is 2. The number of ether oxygens (including phenoxy) is 1. The zero-order valence-electron chi connectivity index (χ0n) is 23.9. The standard InChI is InChI=1S/C31H33Cl2N5O4/c1-31(2,3)42-30(41)35-23-15-11-21(12-16-23)28(40)36(4)17-6-18-37-27-24(33)7-5-8-25(27)38(29(37)34)19-26(39)20-9-13-22(32)14-10-20/h5,7-16,34H,6,17-19H2,1-4H3,(H,35,41). The molecule has 0 aliphatic carbocycles. The maximum atomic E-state index is 13.0. The SMILES string of the molecule is CN(CCCn1c(=N)n(CC(=O)c2ccc(Cl)cc2)c2cccc(Cl)c21)C(=O)c1ccc(NC(=O)OC(C)(C)C)cc1. The molecule has 9 nitrogen and oxygen atoms in total. The van der Waals surface area contributed by atoms with Crippen molar-refractivity contribution in [1.29, 1.82) is 5.41 Å². The van der Waals surface area contributed by atoms with E-state index in [1.807, 2.05) is 6.07 Å². The Morgan fingerprint density at radius 2 is 1.57 bits per heavy atom. The van der Waals surface area contributed by atoms with E-state index >= 15 is 0 Å². The number of rotatable bonds is 9. The van der Waals surface area contributed by atoms with Gasteiger partial charge in [-0.25, -0.2) is 4.79 Å². The molecule has 0 bridgehead atoms. The molecule has 0 saturated carbocycles. The predicted molar refractivity (Wildman–Crippen MR) is 164 cm³/mol. The number of amides is 2. The Balaban J connectivity index is 1.42. The molecule has 1 aromatic heterocycles. The molecule has 1 heterocycles. The monoisotopic (exact) mass is 609 g/mol. The molecular formula is C31H33Cl2N5O4. The van der Waals surface area contributed by atoms with Crippen LogP contribution >= 0.6 is 23.2 Å². The van der Waals surface area contributed by atoms with Gasteiger partial charge in [-0.3, -0.25) is 20.3 Å². The van der Waals surface area contributed by atoms with Crippen LogP contribution in [0, 0.1) is 5.41 Å². The number of carbonyl (C=O) groups excluding carboxylic acids is 3. The third-order valence-electron chi connectivity index (χ3n) is 6.50. The minimum atomic E-state index is -0.614. The second-order valence-corrected chi connectivity index (χ2v) is 11.7. The molecule has 0 spiro atoms. The first-order chi connectivity index (χ1) is 19.8. The number of hydrogen-bond donors (Lipinski definition) is 2. The van der Waals surface area contributed by atoms with E-state index in [2.05, 4.69) is 5.32 Å². The Hall–Kier alpha value is -4.08. The topological polar surface area (TPSA) is 109 Å². The van der Waals surface area contributed by atoms with Crippen LogP contribution in [-0.4, -0.2) is 51.0 Å². The second-order valence-electron chi connectivity index (χ2n) is 10.9. The van der Waals surface area contributed by atoms with E-state index in [9.17, 15) is 14.4 Å². The van der Waals surface area contributed by atoms with Crippen molar-refractivity contribution in [3.05, 3.63) is 93.5 Å². The largest absolute Gasteiger partial charge is 0.444 e. The fraction of sp³-hybridized carbons (Fsp3) is 0.290. The van der Waals surface area contributed by atoms with E-state index in [4.69, 9.17) is 33.3 Å². The highest BCUT2D eigenvalue weighted by atomic mass is 35.5. The minimum Gasteiger partial charge on any atom is -0.444 e.